The Balaban J connectivity index is 0.0000109. The number of rotatable bonds is 33. The maximum atomic E-state index is 14.4. The number of unbranched alkanes of at least 4 members (excludes halogenated alkanes) is 3. The second-order valence-electron chi connectivity index (χ2n) is 23.9. The van der Waals surface area contributed by atoms with Crippen LogP contribution in [0, 0.1) is 0 Å². The molecule has 0 radical (unpaired) electrons. The molecule has 0 aliphatic rings. The van der Waals surface area contributed by atoms with Gasteiger partial charge in [-0.25, -0.2) is 0 Å². The summed E-state index contributed by atoms with van der Waals surface area (Å²) in [6, 6.07) is 40.9. The van der Waals surface area contributed by atoms with Gasteiger partial charge in [0.05, 0.1) is 18.1 Å². The number of aromatic nitrogens is 3. The topological polar surface area (TPSA) is 420 Å². The molecule has 24 N–H and O–H groups in total. The maximum absolute atomic E-state index is 14.4. The number of nitrogens with two attached hydrogens (primary N) is 9. The van der Waals surface area contributed by atoms with E-state index >= 15 is 0 Å². The summed E-state index contributed by atoms with van der Waals surface area (Å²) in [6.45, 7) is 1.02. The number of carbonyl (C=O) groups excluding carboxylic acids is 6. The summed E-state index contributed by atoms with van der Waals surface area (Å²) < 4.78 is 0. The Kier molecular flexibility index (Phi) is 23.4. The fourth-order valence-corrected chi connectivity index (χ4v) is 12.2. The number of anilines is 3. The molecule has 0 spiro atoms. The number of halogens is 1. The third-order valence-electron chi connectivity index (χ3n) is 17.5. The van der Waals surface area contributed by atoms with Crippen molar-refractivity contribution in [2.75, 3.05) is 35.6 Å². The molecule has 92 heavy (non-hydrogen) atoms. The molecule has 3 amide bonds. The molecular weight excluding hydrogens is 1180 g/mol. The van der Waals surface area contributed by atoms with E-state index in [9.17, 15) is 28.8 Å². The number of carbonyl (C=O) groups is 6. The predicted octanol–water partition coefficient (Wildman–Crippen LogP) is 6.44. The van der Waals surface area contributed by atoms with Gasteiger partial charge >= 0.3 is 0 Å². The first-order chi connectivity index (χ1) is 43.8. The normalized spacial score (nSPS) is 14.5. The van der Waals surface area contributed by atoms with Crippen LogP contribution in [0.3, 0.4) is 0 Å². The van der Waals surface area contributed by atoms with Crippen molar-refractivity contribution in [1.82, 2.24) is 15.0 Å². The van der Waals surface area contributed by atoms with Crippen molar-refractivity contribution >= 4 is 97.2 Å². The minimum Gasteiger partial charge on any atom is -0.361 e. The molecule has 0 saturated heterocycles. The fraction of sp³-hybridized carbons (Fsp3) is 0.314. The second-order valence-corrected chi connectivity index (χ2v) is 23.9. The number of benzene rings is 6. The molecular formula is C70H86ClN15O6. The van der Waals surface area contributed by atoms with Gasteiger partial charge in [-0.1, -0.05) is 91.0 Å². The minimum atomic E-state index is -1.99. The van der Waals surface area contributed by atoms with E-state index in [4.69, 9.17) is 51.6 Å². The van der Waals surface area contributed by atoms with E-state index < -0.39 is 75.7 Å². The van der Waals surface area contributed by atoms with Crippen LogP contribution in [0.1, 0.15) is 97.1 Å². The Morgan fingerprint density at radius 1 is 0.370 bits per heavy atom. The van der Waals surface area contributed by atoms with Crippen LogP contribution in [-0.2, 0) is 48.0 Å². The quantitative estimate of drug-likeness (QED) is 0.0119. The number of aromatic amines is 3. The largest absolute Gasteiger partial charge is 0.361 e. The Labute approximate surface area is 540 Å². The minimum absolute atomic E-state index is 0. The Bertz CT molecular complexity index is 3590. The zero-order valence-corrected chi connectivity index (χ0v) is 52.4. The van der Waals surface area contributed by atoms with Gasteiger partial charge in [0.15, 0.2) is 34.0 Å². The average molecular weight is 1270 g/mol. The molecule has 21 nitrogen and oxygen atoms in total. The van der Waals surface area contributed by atoms with Gasteiger partial charge in [0.2, 0.25) is 0 Å². The third-order valence-corrected chi connectivity index (χ3v) is 17.5. The molecule has 0 bridgehead atoms. The molecule has 9 rings (SSSR count). The van der Waals surface area contributed by atoms with Crippen LogP contribution in [0.2, 0.25) is 0 Å². The van der Waals surface area contributed by atoms with Crippen LogP contribution < -0.4 is 67.6 Å². The zero-order valence-electron chi connectivity index (χ0n) is 51.6. The lowest BCUT2D eigenvalue weighted by Crippen LogP contribution is -2.62. The monoisotopic (exact) mass is 1270 g/mol. The van der Waals surface area contributed by atoms with E-state index in [1.54, 1.807) is 55.0 Å². The van der Waals surface area contributed by atoms with E-state index in [2.05, 4.69) is 30.9 Å². The third kappa shape index (κ3) is 15.6. The molecule has 3 aromatic heterocycles. The van der Waals surface area contributed by atoms with Gasteiger partial charge in [0.1, 0.15) is 0 Å². The first-order valence-corrected chi connectivity index (χ1v) is 31.1. The smallest absolute Gasteiger partial charge is 0.252 e. The number of hydrogen-bond acceptors (Lipinski definition) is 15. The van der Waals surface area contributed by atoms with Crippen molar-refractivity contribution in [1.29, 1.82) is 0 Å². The SMILES string of the molecule is Cl.NCCCC[C@@](N)(C(=O)Nc1ccc(C(c2ccc(NC(=O)[C@](N)(CCCCN)C(=O)[C@H](N)Cc3c[nH]c4ccccc34)cc2)c2ccc(NC(=O)[C@](N)(CCCCN)C(=O)[C@H](N)Cc3c[nH]c4ccccc34)cc2)cc1)C(=O)[C@H](N)Cc1c[nH]c2ccccc12. The number of Topliss-reactive ketones (excluding diaryl/α,β-unsaturated/α-hetero) is 3. The Morgan fingerprint density at radius 3 is 0.870 bits per heavy atom. The standard InChI is InChI=1S/C70H85N15O6.ClH/c71-34-10-7-31-68(77,62(86)55(74)37-46-40-80-58-16-4-1-13-52(46)58)65(89)83-49-25-19-43(20-26-49)61(44-21-27-50(28-22-44)84-66(90)69(78,32-8-11-35-72)63(87)56(75)38-47-41-81-59-17-5-2-14-53(47)59)45-23-29-51(30-24-45)85-67(91)70(79,33-9-12-36-73)64(88)57(76)39-48-42-82-60-18-6-3-15-54(48)60;/h1-6,13-30,40-42,55-57,61,80-82H,7-12,31-39,71-79H2,(H,83,89)(H,84,90)(H,85,91);1H/t55-,56-,57-,68+,69+,70+;/m1./s1. The van der Waals surface area contributed by atoms with Gasteiger partial charge in [0, 0.05) is 74.3 Å². The number of nitrogens with one attached hydrogen (secondary N) is 6. The lowest BCUT2D eigenvalue weighted by molar-refractivity contribution is -0.135. The summed E-state index contributed by atoms with van der Waals surface area (Å²) in [6.07, 6.45) is 8.69. The van der Waals surface area contributed by atoms with Gasteiger partial charge in [-0.2, -0.15) is 0 Å². The molecule has 484 valence electrons. The molecule has 9 aromatic rings. The van der Waals surface area contributed by atoms with E-state index in [1.807, 2.05) is 109 Å². The van der Waals surface area contributed by atoms with Crippen LogP contribution in [0.15, 0.2) is 164 Å². The summed E-state index contributed by atoms with van der Waals surface area (Å²) in [5, 5.41) is 11.4. The van der Waals surface area contributed by atoms with E-state index in [-0.39, 0.29) is 50.9 Å². The van der Waals surface area contributed by atoms with Crippen LogP contribution in [0.4, 0.5) is 17.1 Å². The second kappa shape index (κ2) is 31.1. The summed E-state index contributed by atoms with van der Waals surface area (Å²) in [5.41, 5.74) is 60.4. The first-order valence-electron chi connectivity index (χ1n) is 31.1. The summed E-state index contributed by atoms with van der Waals surface area (Å²) in [4.78, 5) is 95.7. The summed E-state index contributed by atoms with van der Waals surface area (Å²) >= 11 is 0. The van der Waals surface area contributed by atoms with Gasteiger partial charge in [-0.15, -0.1) is 12.4 Å². The van der Waals surface area contributed by atoms with Crippen LogP contribution >= 0.6 is 12.4 Å². The van der Waals surface area contributed by atoms with Crippen LogP contribution in [0.5, 0.6) is 0 Å². The highest BCUT2D eigenvalue weighted by molar-refractivity contribution is 6.18. The highest BCUT2D eigenvalue weighted by Gasteiger charge is 2.46. The highest BCUT2D eigenvalue weighted by atomic mass is 35.5. The molecule has 0 saturated carbocycles. The Morgan fingerprint density at radius 2 is 0.620 bits per heavy atom. The van der Waals surface area contributed by atoms with Crippen molar-refractivity contribution in [2.45, 2.75) is 118 Å². The van der Waals surface area contributed by atoms with Gasteiger partial charge in [-0.05, 0) is 185 Å². The molecule has 0 aliphatic heterocycles. The van der Waals surface area contributed by atoms with Crippen molar-refractivity contribution in [3.05, 3.63) is 198 Å². The van der Waals surface area contributed by atoms with Crippen LogP contribution in [0.25, 0.3) is 32.7 Å². The Hall–Kier alpha value is -8.71. The number of ketones is 3. The molecule has 3 heterocycles. The first kappa shape index (κ1) is 69.2. The van der Waals surface area contributed by atoms with Crippen molar-refractivity contribution in [3.63, 3.8) is 0 Å². The summed E-state index contributed by atoms with van der Waals surface area (Å²) in [5.74, 6) is -4.52. The molecule has 6 aromatic carbocycles. The highest BCUT2D eigenvalue weighted by Crippen LogP contribution is 2.36. The van der Waals surface area contributed by atoms with Crippen molar-refractivity contribution in [3.8, 4) is 0 Å². The van der Waals surface area contributed by atoms with Gasteiger partial charge < -0.3 is 82.5 Å². The number of fused-ring (bicyclic) bond motifs is 3. The molecule has 0 unspecified atom stereocenters. The van der Waals surface area contributed by atoms with E-state index in [0.717, 1.165) is 66.1 Å². The van der Waals surface area contributed by atoms with Crippen molar-refractivity contribution < 1.29 is 28.8 Å². The zero-order chi connectivity index (χ0) is 64.9. The lowest BCUT2D eigenvalue weighted by Gasteiger charge is -2.30. The van der Waals surface area contributed by atoms with E-state index in [1.165, 1.54) is 0 Å². The van der Waals surface area contributed by atoms with Gasteiger partial charge in [-0.3, -0.25) is 28.8 Å². The van der Waals surface area contributed by atoms with E-state index in [0.29, 0.717) is 75.2 Å². The predicted molar refractivity (Wildman–Crippen MR) is 368 cm³/mol. The number of H-pyrrole nitrogens is 3. The van der Waals surface area contributed by atoms with Gasteiger partial charge in [0.25, 0.3) is 17.7 Å². The maximum Gasteiger partial charge on any atom is 0.252 e. The fourth-order valence-electron chi connectivity index (χ4n) is 12.2. The molecule has 6 atom stereocenters. The molecule has 0 aliphatic carbocycles. The lowest BCUT2D eigenvalue weighted by atomic mass is 9.82. The number of amides is 3. The summed E-state index contributed by atoms with van der Waals surface area (Å²) in [7, 11) is 0. The number of para-hydroxylation sites is 3. The van der Waals surface area contributed by atoms with Crippen molar-refractivity contribution in [2.24, 2.45) is 51.6 Å². The average Bonchev–Trinajstić information content (AvgIpc) is 2.16. The molecule has 22 heteroatoms. The number of hydrogen-bond donors (Lipinski definition) is 15. The molecule has 0 fully saturated rings. The van der Waals surface area contributed by atoms with Crippen LogP contribution in [-0.4, -0.2) is 104 Å².